The van der Waals surface area contributed by atoms with E-state index in [1.807, 2.05) is 0 Å². The molecule has 3 nitrogen and oxygen atoms in total. The van der Waals surface area contributed by atoms with Crippen molar-refractivity contribution in [3.8, 4) is 0 Å². The predicted molar refractivity (Wildman–Crippen MR) is 56.8 cm³/mol. The second kappa shape index (κ2) is 8.48. The monoisotopic (exact) mass is 188 g/mol. The van der Waals surface area contributed by atoms with E-state index in [0.717, 1.165) is 26.2 Å². The third-order valence-corrected chi connectivity index (χ3v) is 2.51. The summed E-state index contributed by atoms with van der Waals surface area (Å²) in [6.45, 7) is 5.97. The molecule has 0 aliphatic carbocycles. The van der Waals surface area contributed by atoms with Gasteiger partial charge in [-0.15, -0.1) is 0 Å². The Balaban J connectivity index is 3.38. The van der Waals surface area contributed by atoms with Crippen LogP contribution in [0.15, 0.2) is 0 Å². The molecule has 0 spiro atoms. The van der Waals surface area contributed by atoms with Crippen LogP contribution in [0.3, 0.4) is 0 Å². The highest BCUT2D eigenvalue weighted by Crippen LogP contribution is 2.06. The Bertz CT molecular complexity index is 105. The van der Waals surface area contributed by atoms with Gasteiger partial charge in [0.05, 0.1) is 6.61 Å². The van der Waals surface area contributed by atoms with Crippen LogP contribution in [0.4, 0.5) is 0 Å². The molecule has 0 fully saturated rings. The van der Waals surface area contributed by atoms with Gasteiger partial charge in [-0.05, 0) is 32.5 Å². The van der Waals surface area contributed by atoms with Crippen LogP contribution in [0.25, 0.3) is 0 Å². The maximum Gasteiger partial charge on any atom is 0.0589 e. The van der Waals surface area contributed by atoms with E-state index in [-0.39, 0.29) is 0 Å². The highest BCUT2D eigenvalue weighted by molar-refractivity contribution is 4.60. The molecule has 0 aliphatic rings. The topological polar surface area (TPSA) is 38.5 Å². The number of hydrogen-bond acceptors (Lipinski definition) is 3. The average molecular weight is 188 g/mol. The summed E-state index contributed by atoms with van der Waals surface area (Å²) >= 11 is 0. The molecule has 0 radical (unpaired) electrons. The van der Waals surface area contributed by atoms with E-state index in [1.54, 1.807) is 7.11 Å². The standard InChI is InChI=1S/C10H24N2O/c1-4-10(9-11)5-6-12(2)7-8-13-3/h10H,4-9,11H2,1-3H3. The second-order valence-electron chi connectivity index (χ2n) is 3.59. The van der Waals surface area contributed by atoms with Gasteiger partial charge in [0.1, 0.15) is 0 Å². The van der Waals surface area contributed by atoms with Crippen LogP contribution in [0.1, 0.15) is 19.8 Å². The third kappa shape index (κ3) is 6.99. The second-order valence-corrected chi connectivity index (χ2v) is 3.59. The Kier molecular flexibility index (Phi) is 8.40. The van der Waals surface area contributed by atoms with Crippen molar-refractivity contribution in [2.24, 2.45) is 11.7 Å². The van der Waals surface area contributed by atoms with E-state index >= 15 is 0 Å². The minimum absolute atomic E-state index is 0.685. The third-order valence-electron chi connectivity index (χ3n) is 2.51. The Morgan fingerprint density at radius 3 is 2.54 bits per heavy atom. The van der Waals surface area contributed by atoms with Crippen molar-refractivity contribution >= 4 is 0 Å². The van der Waals surface area contributed by atoms with Crippen LogP contribution in [0.2, 0.25) is 0 Å². The molecule has 0 rings (SSSR count). The molecule has 0 aromatic carbocycles. The van der Waals surface area contributed by atoms with E-state index < -0.39 is 0 Å². The molecule has 0 saturated heterocycles. The highest BCUT2D eigenvalue weighted by atomic mass is 16.5. The molecular weight excluding hydrogens is 164 g/mol. The van der Waals surface area contributed by atoms with Crippen molar-refractivity contribution < 1.29 is 4.74 Å². The van der Waals surface area contributed by atoms with E-state index in [0.29, 0.717) is 5.92 Å². The molecule has 1 unspecified atom stereocenters. The average Bonchev–Trinajstić information content (AvgIpc) is 2.16. The van der Waals surface area contributed by atoms with Gasteiger partial charge in [0.15, 0.2) is 0 Å². The number of methoxy groups -OCH3 is 1. The lowest BCUT2D eigenvalue weighted by Gasteiger charge is -2.19. The van der Waals surface area contributed by atoms with Crippen molar-refractivity contribution in [2.75, 3.05) is 40.4 Å². The Hall–Kier alpha value is -0.120. The number of nitrogens with zero attached hydrogens (tertiary/aromatic N) is 1. The van der Waals surface area contributed by atoms with Crippen molar-refractivity contribution in [3.05, 3.63) is 0 Å². The molecule has 0 bridgehead atoms. The summed E-state index contributed by atoms with van der Waals surface area (Å²) in [5, 5.41) is 0. The van der Waals surface area contributed by atoms with E-state index in [2.05, 4.69) is 18.9 Å². The summed E-state index contributed by atoms with van der Waals surface area (Å²) in [4.78, 5) is 2.29. The zero-order valence-corrected chi connectivity index (χ0v) is 9.25. The lowest BCUT2D eigenvalue weighted by molar-refractivity contribution is 0.157. The van der Waals surface area contributed by atoms with Crippen molar-refractivity contribution in [1.82, 2.24) is 4.90 Å². The van der Waals surface area contributed by atoms with Crippen LogP contribution >= 0.6 is 0 Å². The molecule has 0 heterocycles. The number of likely N-dealkylation sites (N-methyl/N-ethyl adjacent to an activating group) is 1. The molecule has 0 aliphatic heterocycles. The molecule has 0 aromatic rings. The first-order valence-electron chi connectivity index (χ1n) is 5.12. The summed E-state index contributed by atoms with van der Waals surface area (Å²) < 4.78 is 5.01. The Labute approximate surface area is 82.2 Å². The largest absolute Gasteiger partial charge is 0.383 e. The summed E-state index contributed by atoms with van der Waals surface area (Å²) in [5.74, 6) is 0.685. The maximum atomic E-state index is 5.63. The van der Waals surface area contributed by atoms with Gasteiger partial charge in [-0.25, -0.2) is 0 Å². The van der Waals surface area contributed by atoms with Crippen LogP contribution in [0, 0.1) is 5.92 Å². The van der Waals surface area contributed by atoms with E-state index in [1.165, 1.54) is 12.8 Å². The minimum Gasteiger partial charge on any atom is -0.383 e. The Morgan fingerprint density at radius 1 is 1.38 bits per heavy atom. The fourth-order valence-corrected chi connectivity index (χ4v) is 1.25. The SMILES string of the molecule is CCC(CN)CCN(C)CCOC. The summed E-state index contributed by atoms with van der Waals surface area (Å²) in [6.07, 6.45) is 2.39. The molecule has 0 saturated carbocycles. The predicted octanol–water partition coefficient (Wildman–Crippen LogP) is 0.940. The highest BCUT2D eigenvalue weighted by Gasteiger charge is 2.05. The molecule has 3 heteroatoms. The summed E-state index contributed by atoms with van der Waals surface area (Å²) in [7, 11) is 3.87. The van der Waals surface area contributed by atoms with Gasteiger partial charge < -0.3 is 15.4 Å². The quantitative estimate of drug-likeness (QED) is 0.616. The van der Waals surface area contributed by atoms with E-state index in [4.69, 9.17) is 10.5 Å². The smallest absolute Gasteiger partial charge is 0.0589 e. The summed E-state index contributed by atoms with van der Waals surface area (Å²) in [6, 6.07) is 0. The van der Waals surface area contributed by atoms with Gasteiger partial charge in [0.2, 0.25) is 0 Å². The van der Waals surface area contributed by atoms with Crippen LogP contribution in [0.5, 0.6) is 0 Å². The van der Waals surface area contributed by atoms with Gasteiger partial charge in [0, 0.05) is 13.7 Å². The normalized spacial score (nSPS) is 13.6. The van der Waals surface area contributed by atoms with Crippen molar-refractivity contribution in [3.63, 3.8) is 0 Å². The van der Waals surface area contributed by atoms with Crippen LogP contribution in [-0.2, 0) is 4.74 Å². The zero-order chi connectivity index (χ0) is 10.1. The zero-order valence-electron chi connectivity index (χ0n) is 9.25. The van der Waals surface area contributed by atoms with E-state index in [9.17, 15) is 0 Å². The maximum absolute atomic E-state index is 5.63. The first kappa shape index (κ1) is 12.9. The Morgan fingerprint density at radius 2 is 2.08 bits per heavy atom. The fraction of sp³-hybridized carbons (Fsp3) is 1.00. The first-order chi connectivity index (χ1) is 6.24. The number of ether oxygens (including phenoxy) is 1. The van der Waals surface area contributed by atoms with Gasteiger partial charge in [0.25, 0.3) is 0 Å². The summed E-state index contributed by atoms with van der Waals surface area (Å²) in [5.41, 5.74) is 5.63. The molecule has 80 valence electrons. The molecule has 1 atom stereocenters. The minimum atomic E-state index is 0.685. The first-order valence-corrected chi connectivity index (χ1v) is 5.12. The van der Waals surface area contributed by atoms with Gasteiger partial charge in [-0.1, -0.05) is 13.3 Å². The lowest BCUT2D eigenvalue weighted by atomic mass is 10.0. The number of rotatable bonds is 8. The molecule has 2 N–H and O–H groups in total. The molecule has 0 aromatic heterocycles. The van der Waals surface area contributed by atoms with Crippen molar-refractivity contribution in [1.29, 1.82) is 0 Å². The van der Waals surface area contributed by atoms with Gasteiger partial charge in [-0.2, -0.15) is 0 Å². The number of nitrogens with two attached hydrogens (primary N) is 1. The van der Waals surface area contributed by atoms with Crippen LogP contribution < -0.4 is 5.73 Å². The fourth-order valence-electron chi connectivity index (χ4n) is 1.25. The lowest BCUT2D eigenvalue weighted by Crippen LogP contribution is -2.27. The number of hydrogen-bond donors (Lipinski definition) is 1. The van der Waals surface area contributed by atoms with Gasteiger partial charge in [-0.3, -0.25) is 0 Å². The molecule has 0 amide bonds. The molecular formula is C10H24N2O. The van der Waals surface area contributed by atoms with Gasteiger partial charge >= 0.3 is 0 Å². The van der Waals surface area contributed by atoms with Crippen molar-refractivity contribution in [2.45, 2.75) is 19.8 Å². The molecule has 13 heavy (non-hydrogen) atoms. The van der Waals surface area contributed by atoms with Crippen LogP contribution in [-0.4, -0.2) is 45.3 Å².